The van der Waals surface area contributed by atoms with Gasteiger partial charge in [-0.3, -0.25) is 0 Å². The van der Waals surface area contributed by atoms with Crippen molar-refractivity contribution in [3.05, 3.63) is 0 Å². The zero-order valence-corrected chi connectivity index (χ0v) is 55.1. The van der Waals surface area contributed by atoms with Crippen molar-refractivity contribution in [3.8, 4) is 0 Å². The lowest BCUT2D eigenvalue weighted by Crippen LogP contribution is -2.38. The third-order valence-corrected chi connectivity index (χ3v) is 11.8. The molecular formula is C60H106O35. The molecule has 0 aliphatic carbocycles. The number of carbonyl (C=O) groups is 8. The molecule has 0 saturated carbocycles. The lowest BCUT2D eigenvalue weighted by atomic mass is 10.3. The van der Waals surface area contributed by atoms with Crippen LogP contribution in [0.25, 0.3) is 0 Å². The van der Waals surface area contributed by atoms with E-state index >= 15 is 0 Å². The number of rotatable bonds is 80. The van der Waals surface area contributed by atoms with Crippen LogP contribution in [0.15, 0.2) is 0 Å². The van der Waals surface area contributed by atoms with Gasteiger partial charge in [0.05, 0.1) is 159 Å². The third-order valence-electron chi connectivity index (χ3n) is 11.8. The van der Waals surface area contributed by atoms with Gasteiger partial charge in [-0.05, 0) is 6.42 Å². The first-order valence-corrected chi connectivity index (χ1v) is 31.1. The first-order chi connectivity index (χ1) is 46.5. The summed E-state index contributed by atoms with van der Waals surface area (Å²) in [4.78, 5) is 87.7. The molecular weight excluding hydrogens is 1280 g/mol. The molecule has 0 heterocycles. The summed E-state index contributed by atoms with van der Waals surface area (Å²) in [6.07, 6.45) is -4.68. The standard InChI is InChI=1S/C60H106O35/c1-4-5-14-74-31-54(93-45-59(94-46-60(95-48-73-3)43-86-47-72-2)42-85-38-56(91-28-51(71)25-77-17-8-63)36-82-33-53(88-21-12-67)30-79-19-10-65)34-83-39-57(92-44-58(89-22-13-68)41-80-26-49(69)23-75-15-6-61)40-84-37-55(90-27-50(70)24-76-16-7-62)35-81-32-52(87-20-11-66)29-78-18-9-64/h6-13,49-60,69-71H,4-5,14-48H2,1-3H3. The minimum atomic E-state index is -1.16. The number of ether oxygens (including phenoxy) is 24. The van der Waals surface area contributed by atoms with Crippen molar-refractivity contribution >= 4 is 50.3 Å². The number of hydrogen-bond donors (Lipinski definition) is 3. The molecule has 12 atom stereocenters. The molecule has 0 saturated heterocycles. The number of unbranched alkanes of at least 4 members (excludes halogenated alkanes) is 1. The molecule has 0 radical (unpaired) electrons. The van der Waals surface area contributed by atoms with Gasteiger partial charge in [0.1, 0.15) is 190 Å². The van der Waals surface area contributed by atoms with E-state index in [4.69, 9.17) is 114 Å². The van der Waals surface area contributed by atoms with Crippen molar-refractivity contribution < 1.29 is 167 Å². The van der Waals surface area contributed by atoms with Gasteiger partial charge in [0.15, 0.2) is 0 Å². The molecule has 12 unspecified atom stereocenters. The van der Waals surface area contributed by atoms with Crippen LogP contribution in [0.4, 0.5) is 0 Å². The molecule has 556 valence electrons. The van der Waals surface area contributed by atoms with Crippen LogP contribution in [0.2, 0.25) is 0 Å². The second-order valence-corrected chi connectivity index (χ2v) is 20.3. The summed E-state index contributed by atoms with van der Waals surface area (Å²) in [6, 6.07) is 0. The van der Waals surface area contributed by atoms with Gasteiger partial charge in [0.25, 0.3) is 0 Å². The topological polar surface area (TPSA) is 419 Å². The van der Waals surface area contributed by atoms with E-state index in [0.717, 1.165) is 12.8 Å². The average Bonchev–Trinajstić information content (AvgIpc) is 2.93. The van der Waals surface area contributed by atoms with Gasteiger partial charge >= 0.3 is 0 Å². The maximum atomic E-state index is 11.5. The monoisotopic (exact) mass is 1390 g/mol. The van der Waals surface area contributed by atoms with E-state index < -0.39 is 73.2 Å². The van der Waals surface area contributed by atoms with E-state index in [0.29, 0.717) is 56.9 Å². The molecule has 0 bridgehead atoms. The molecule has 0 spiro atoms. The summed E-state index contributed by atoms with van der Waals surface area (Å²) in [5.41, 5.74) is 0. The van der Waals surface area contributed by atoms with Gasteiger partial charge < -0.3 is 167 Å². The highest BCUT2D eigenvalue weighted by Gasteiger charge is 2.25. The molecule has 0 aliphatic rings. The molecule has 35 heteroatoms. The second-order valence-electron chi connectivity index (χ2n) is 20.3. The van der Waals surface area contributed by atoms with Crippen molar-refractivity contribution in [3.63, 3.8) is 0 Å². The van der Waals surface area contributed by atoms with Crippen LogP contribution in [0.1, 0.15) is 19.8 Å². The summed E-state index contributed by atoms with van der Waals surface area (Å²) in [5, 5.41) is 31.4. The van der Waals surface area contributed by atoms with Crippen LogP contribution in [-0.4, -0.2) is 385 Å². The van der Waals surface area contributed by atoms with Gasteiger partial charge in [-0.2, -0.15) is 0 Å². The molecule has 0 aliphatic heterocycles. The van der Waals surface area contributed by atoms with Crippen LogP contribution < -0.4 is 0 Å². The number of hydrogen-bond acceptors (Lipinski definition) is 35. The van der Waals surface area contributed by atoms with Crippen molar-refractivity contribution in [2.24, 2.45) is 0 Å². The summed E-state index contributed by atoms with van der Waals surface area (Å²) in [7, 11) is 2.92. The van der Waals surface area contributed by atoms with E-state index in [2.05, 4.69) is 0 Å². The van der Waals surface area contributed by atoms with Crippen LogP contribution in [-0.2, 0) is 152 Å². The van der Waals surface area contributed by atoms with Crippen LogP contribution >= 0.6 is 0 Å². The minimum absolute atomic E-state index is 0.0355. The molecule has 95 heavy (non-hydrogen) atoms. The lowest BCUT2D eigenvalue weighted by molar-refractivity contribution is -0.166. The quantitative estimate of drug-likeness (QED) is 0.0300. The van der Waals surface area contributed by atoms with Crippen LogP contribution in [0.5, 0.6) is 0 Å². The molecule has 0 aromatic rings. The second kappa shape index (κ2) is 70.2. The van der Waals surface area contributed by atoms with Gasteiger partial charge in [-0.25, -0.2) is 0 Å². The normalized spacial score (nSPS) is 15.6. The van der Waals surface area contributed by atoms with Crippen LogP contribution in [0.3, 0.4) is 0 Å². The fraction of sp³-hybridized carbons (Fsp3) is 0.867. The van der Waals surface area contributed by atoms with Gasteiger partial charge in [0.2, 0.25) is 0 Å². The van der Waals surface area contributed by atoms with Crippen LogP contribution in [0, 0.1) is 0 Å². The fourth-order valence-electron chi connectivity index (χ4n) is 7.32. The van der Waals surface area contributed by atoms with Crippen molar-refractivity contribution in [1.29, 1.82) is 0 Å². The smallest absolute Gasteiger partial charge is 0.146 e. The zero-order chi connectivity index (χ0) is 69.7. The molecule has 0 aromatic heterocycles. The Kier molecular flexibility index (Phi) is 67.4. The maximum Gasteiger partial charge on any atom is 0.146 e. The Labute approximate surface area is 555 Å². The number of methoxy groups -OCH3 is 2. The Hall–Kier alpha value is -3.72. The number of aldehydes is 8. The number of aliphatic hydroxyl groups excluding tert-OH is 3. The SMILES string of the molecule is CCCCOCC(COCC(COCC(COCC(COCC=O)OCC=O)OCC(O)COCC=O)OCC(COCC(O)COCC=O)OCC=O)OCC(COCC(COCC(COCC=O)OCC=O)OCC(O)COCC=O)OCC(COCOC)OCOC. The molecule has 35 nitrogen and oxygen atoms in total. The Morgan fingerprint density at radius 2 is 0.474 bits per heavy atom. The largest absolute Gasteiger partial charge is 0.388 e. The molecule has 0 rings (SSSR count). The van der Waals surface area contributed by atoms with Gasteiger partial charge in [-0.1, -0.05) is 13.3 Å². The number of carbonyl (C=O) groups excluding carboxylic acids is 8. The molecule has 0 amide bonds. The van der Waals surface area contributed by atoms with Gasteiger partial charge in [0, 0.05) is 20.8 Å². The predicted molar refractivity (Wildman–Crippen MR) is 324 cm³/mol. The fourth-order valence-corrected chi connectivity index (χ4v) is 7.32. The van der Waals surface area contributed by atoms with E-state index in [-0.39, 0.29) is 225 Å². The Balaban J connectivity index is 6.93. The lowest BCUT2D eigenvalue weighted by Gasteiger charge is -2.27. The summed E-state index contributed by atoms with van der Waals surface area (Å²) in [6.45, 7) is -2.98. The first kappa shape index (κ1) is 91.3. The van der Waals surface area contributed by atoms with Crippen molar-refractivity contribution in [2.45, 2.75) is 93.0 Å². The minimum Gasteiger partial charge on any atom is -0.388 e. The summed E-state index contributed by atoms with van der Waals surface area (Å²) in [5.74, 6) is 0. The Morgan fingerprint density at radius 3 is 0.800 bits per heavy atom. The summed E-state index contributed by atoms with van der Waals surface area (Å²) >= 11 is 0. The molecule has 0 aromatic carbocycles. The number of aliphatic hydroxyl groups is 3. The predicted octanol–water partition coefficient (Wildman–Crippen LogP) is -3.65. The molecule has 0 fully saturated rings. The van der Waals surface area contributed by atoms with Crippen molar-refractivity contribution in [1.82, 2.24) is 0 Å². The first-order valence-electron chi connectivity index (χ1n) is 31.1. The van der Waals surface area contributed by atoms with E-state index in [9.17, 15) is 53.7 Å². The maximum absolute atomic E-state index is 11.5. The zero-order valence-electron chi connectivity index (χ0n) is 55.1. The van der Waals surface area contributed by atoms with E-state index in [1.165, 1.54) is 14.2 Å². The van der Waals surface area contributed by atoms with E-state index in [1.807, 2.05) is 6.92 Å². The van der Waals surface area contributed by atoms with Crippen molar-refractivity contribution in [2.75, 3.05) is 246 Å². The average molecular weight is 1390 g/mol. The highest BCUT2D eigenvalue weighted by Crippen LogP contribution is 2.11. The van der Waals surface area contributed by atoms with E-state index in [1.54, 1.807) is 0 Å². The highest BCUT2D eigenvalue weighted by atomic mass is 16.7. The third kappa shape index (κ3) is 58.9. The summed E-state index contributed by atoms with van der Waals surface area (Å²) < 4.78 is 137. The Morgan fingerprint density at radius 1 is 0.242 bits per heavy atom. The molecule has 3 N–H and O–H groups in total. The highest BCUT2D eigenvalue weighted by molar-refractivity contribution is 5.52. The Bertz CT molecular complexity index is 1750. The van der Waals surface area contributed by atoms with Gasteiger partial charge in [-0.15, -0.1) is 0 Å².